The number of aliphatic carboxylic acids is 2. The number of unbranched alkanes of at least 4 members (excludes halogenated alkanes) is 1. The molecule has 2 aliphatic rings. The van der Waals surface area contributed by atoms with Crippen LogP contribution in [0.2, 0.25) is 0 Å². The molecule has 2 fully saturated rings. The Kier molecular flexibility index (Phi) is 8.64. The van der Waals surface area contributed by atoms with Gasteiger partial charge in [0.2, 0.25) is 5.91 Å². The Morgan fingerprint density at radius 1 is 1.06 bits per heavy atom. The molecule has 1 heterocycles. The smallest absolute Gasteiger partial charge is 0.326 e. The number of hydrogen-bond acceptors (Lipinski definition) is 5. The van der Waals surface area contributed by atoms with Gasteiger partial charge in [-0.15, -0.1) is 0 Å². The average Bonchev–Trinajstić information content (AvgIpc) is 3.37. The molecule has 176 valence electrons. The second-order valence-electron chi connectivity index (χ2n) is 9.01. The molecule has 0 spiro atoms. The zero-order chi connectivity index (χ0) is 23.1. The summed E-state index contributed by atoms with van der Waals surface area (Å²) in [6, 6.07) is 7.11. The zero-order valence-electron chi connectivity index (χ0n) is 18.5. The molecule has 0 radical (unpaired) electrons. The highest BCUT2D eigenvalue weighted by atomic mass is 16.4. The van der Waals surface area contributed by atoms with Crippen molar-refractivity contribution in [1.29, 1.82) is 0 Å². The molecule has 1 saturated carbocycles. The van der Waals surface area contributed by atoms with E-state index in [4.69, 9.17) is 5.73 Å². The molecule has 1 aromatic rings. The molecule has 1 aliphatic carbocycles. The Balaban J connectivity index is 1.75. The van der Waals surface area contributed by atoms with E-state index in [1.807, 2.05) is 30.3 Å². The Labute approximate surface area is 189 Å². The van der Waals surface area contributed by atoms with Crippen LogP contribution in [0.1, 0.15) is 56.9 Å². The van der Waals surface area contributed by atoms with Crippen LogP contribution in [0.25, 0.3) is 0 Å². The lowest BCUT2D eigenvalue weighted by Crippen LogP contribution is -2.56. The van der Waals surface area contributed by atoms with Crippen molar-refractivity contribution in [3.05, 3.63) is 35.9 Å². The van der Waals surface area contributed by atoms with E-state index in [1.54, 1.807) is 4.90 Å². The standard InChI is InChI=1S/C24H35N3O5/c25-14-5-4-10-18(26-19(23(29)30)13-12-16-7-2-1-3-8-16)22(28)27-20-11-6-9-17(20)15-21(27)24(31)32/h1-3,7-8,17-21,26H,4-6,9-15,25H2,(H,29,30)(H,31,32)/t17-,18-,19?,20-,21-/m0/s1. The summed E-state index contributed by atoms with van der Waals surface area (Å²) in [5.74, 6) is -2.05. The lowest BCUT2D eigenvalue weighted by molar-refractivity contribution is -0.151. The van der Waals surface area contributed by atoms with Crippen molar-refractivity contribution in [1.82, 2.24) is 10.2 Å². The summed E-state index contributed by atoms with van der Waals surface area (Å²) in [4.78, 5) is 39.0. The largest absolute Gasteiger partial charge is 0.480 e. The summed E-state index contributed by atoms with van der Waals surface area (Å²) in [7, 11) is 0. The van der Waals surface area contributed by atoms with E-state index in [9.17, 15) is 24.6 Å². The van der Waals surface area contributed by atoms with Crippen LogP contribution in [-0.2, 0) is 20.8 Å². The van der Waals surface area contributed by atoms with Crippen LogP contribution >= 0.6 is 0 Å². The van der Waals surface area contributed by atoms with Gasteiger partial charge in [-0.2, -0.15) is 0 Å². The van der Waals surface area contributed by atoms with Crippen LogP contribution in [0.4, 0.5) is 0 Å². The highest BCUT2D eigenvalue weighted by Crippen LogP contribution is 2.41. The summed E-state index contributed by atoms with van der Waals surface area (Å²) in [5, 5.41) is 22.6. The zero-order valence-corrected chi connectivity index (χ0v) is 18.5. The quantitative estimate of drug-likeness (QED) is 0.362. The van der Waals surface area contributed by atoms with E-state index in [-0.39, 0.29) is 17.9 Å². The normalized spacial score (nSPS) is 24.2. The number of hydrogen-bond donors (Lipinski definition) is 4. The topological polar surface area (TPSA) is 133 Å². The van der Waals surface area contributed by atoms with Crippen LogP contribution < -0.4 is 11.1 Å². The summed E-state index contributed by atoms with van der Waals surface area (Å²) in [6.07, 6.45) is 5.97. The van der Waals surface area contributed by atoms with Gasteiger partial charge in [-0.3, -0.25) is 14.9 Å². The van der Waals surface area contributed by atoms with Crippen molar-refractivity contribution in [2.75, 3.05) is 6.54 Å². The first-order valence-corrected chi connectivity index (χ1v) is 11.7. The minimum atomic E-state index is -1.01. The van der Waals surface area contributed by atoms with Crippen molar-refractivity contribution in [2.45, 2.75) is 82.0 Å². The van der Waals surface area contributed by atoms with Gasteiger partial charge in [0.25, 0.3) is 0 Å². The van der Waals surface area contributed by atoms with Crippen molar-refractivity contribution >= 4 is 17.8 Å². The Morgan fingerprint density at radius 2 is 1.81 bits per heavy atom. The molecule has 5 atom stereocenters. The summed E-state index contributed by atoms with van der Waals surface area (Å²) < 4.78 is 0. The number of aryl methyl sites for hydroxylation is 1. The molecule has 3 rings (SSSR count). The number of carbonyl (C=O) groups excluding carboxylic acids is 1. The third-order valence-electron chi connectivity index (χ3n) is 6.89. The molecule has 8 nitrogen and oxygen atoms in total. The molecule has 0 aromatic heterocycles. The summed E-state index contributed by atoms with van der Waals surface area (Å²) >= 11 is 0. The second-order valence-corrected chi connectivity index (χ2v) is 9.01. The maximum Gasteiger partial charge on any atom is 0.326 e. The molecule has 1 saturated heterocycles. The maximum absolute atomic E-state index is 13.6. The van der Waals surface area contributed by atoms with Gasteiger partial charge in [0, 0.05) is 6.04 Å². The fourth-order valence-electron chi connectivity index (χ4n) is 5.25. The number of nitrogens with one attached hydrogen (secondary N) is 1. The molecule has 1 amide bonds. The van der Waals surface area contributed by atoms with Crippen LogP contribution in [0.3, 0.4) is 0 Å². The Bertz CT molecular complexity index is 787. The molecular weight excluding hydrogens is 410 g/mol. The minimum Gasteiger partial charge on any atom is -0.480 e. The van der Waals surface area contributed by atoms with E-state index in [0.29, 0.717) is 38.6 Å². The predicted molar refractivity (Wildman–Crippen MR) is 120 cm³/mol. The van der Waals surface area contributed by atoms with E-state index in [0.717, 1.165) is 31.2 Å². The lowest BCUT2D eigenvalue weighted by Gasteiger charge is -2.33. The van der Waals surface area contributed by atoms with Crippen molar-refractivity contribution < 1.29 is 24.6 Å². The SMILES string of the molecule is NCCCC[C@H](NC(CCc1ccccc1)C(=O)O)C(=O)N1[C@H](C(=O)O)C[C@@H]2CCC[C@@H]21. The maximum atomic E-state index is 13.6. The van der Waals surface area contributed by atoms with Crippen molar-refractivity contribution in [2.24, 2.45) is 11.7 Å². The van der Waals surface area contributed by atoms with E-state index < -0.39 is 30.1 Å². The van der Waals surface area contributed by atoms with Gasteiger partial charge in [0.05, 0.1) is 6.04 Å². The Morgan fingerprint density at radius 3 is 2.47 bits per heavy atom. The van der Waals surface area contributed by atoms with Crippen molar-refractivity contribution in [3.8, 4) is 0 Å². The van der Waals surface area contributed by atoms with Crippen LogP contribution in [0.15, 0.2) is 30.3 Å². The van der Waals surface area contributed by atoms with Gasteiger partial charge in [0.1, 0.15) is 12.1 Å². The number of amides is 1. The predicted octanol–water partition coefficient (Wildman–Crippen LogP) is 2.01. The Hall–Kier alpha value is -2.45. The number of carbonyl (C=O) groups is 3. The van der Waals surface area contributed by atoms with Gasteiger partial charge in [-0.25, -0.2) is 4.79 Å². The van der Waals surface area contributed by atoms with Gasteiger partial charge in [-0.05, 0) is 63.0 Å². The molecule has 1 aromatic carbocycles. The first-order chi connectivity index (χ1) is 15.4. The van der Waals surface area contributed by atoms with E-state index in [2.05, 4.69) is 5.32 Å². The molecule has 0 bridgehead atoms. The van der Waals surface area contributed by atoms with E-state index in [1.165, 1.54) is 0 Å². The fourth-order valence-corrected chi connectivity index (χ4v) is 5.25. The fraction of sp³-hybridized carbons (Fsp3) is 0.625. The molecule has 32 heavy (non-hydrogen) atoms. The average molecular weight is 446 g/mol. The number of benzene rings is 1. The molecule has 8 heteroatoms. The molecule has 1 unspecified atom stereocenters. The van der Waals surface area contributed by atoms with Gasteiger partial charge in [-0.1, -0.05) is 43.2 Å². The monoisotopic (exact) mass is 445 g/mol. The van der Waals surface area contributed by atoms with Crippen LogP contribution in [0.5, 0.6) is 0 Å². The summed E-state index contributed by atoms with van der Waals surface area (Å²) in [6.45, 7) is 0.490. The van der Waals surface area contributed by atoms with E-state index >= 15 is 0 Å². The second kappa shape index (κ2) is 11.4. The number of nitrogens with zero attached hydrogens (tertiary/aromatic N) is 1. The minimum absolute atomic E-state index is 0.0602. The highest BCUT2D eigenvalue weighted by molar-refractivity contribution is 5.88. The first kappa shape index (κ1) is 24.2. The third-order valence-corrected chi connectivity index (χ3v) is 6.89. The number of carboxylic acid groups (broad SMARTS) is 2. The van der Waals surface area contributed by atoms with Crippen molar-refractivity contribution in [3.63, 3.8) is 0 Å². The highest BCUT2D eigenvalue weighted by Gasteiger charge is 2.50. The number of nitrogens with two attached hydrogens (primary N) is 1. The third kappa shape index (κ3) is 5.86. The van der Waals surface area contributed by atoms with Gasteiger partial charge in [0.15, 0.2) is 0 Å². The van der Waals surface area contributed by atoms with Gasteiger partial charge < -0.3 is 20.8 Å². The number of rotatable bonds is 12. The number of fused-ring (bicyclic) bond motifs is 1. The first-order valence-electron chi connectivity index (χ1n) is 11.7. The molecule has 5 N–H and O–H groups in total. The summed E-state index contributed by atoms with van der Waals surface area (Å²) in [5.41, 5.74) is 6.65. The van der Waals surface area contributed by atoms with Crippen LogP contribution in [0, 0.1) is 5.92 Å². The number of carboxylic acids is 2. The van der Waals surface area contributed by atoms with Gasteiger partial charge >= 0.3 is 11.9 Å². The lowest BCUT2D eigenvalue weighted by atomic mass is 10.0. The van der Waals surface area contributed by atoms with Crippen LogP contribution in [-0.4, -0.2) is 63.7 Å². The molecule has 1 aliphatic heterocycles. The number of likely N-dealkylation sites (tertiary alicyclic amines) is 1. The molecular formula is C24H35N3O5.